The van der Waals surface area contributed by atoms with Crippen LogP contribution >= 0.6 is 23.8 Å². The smallest absolute Gasteiger partial charge is 0.337 e. The van der Waals surface area contributed by atoms with Gasteiger partial charge in [0.15, 0.2) is 5.11 Å². The molecule has 1 N–H and O–H groups in total. The zero-order chi connectivity index (χ0) is 25.4. The van der Waals surface area contributed by atoms with Gasteiger partial charge in [0.1, 0.15) is 0 Å². The molecule has 0 unspecified atom stereocenters. The summed E-state index contributed by atoms with van der Waals surface area (Å²) < 4.78 is 7.08. The van der Waals surface area contributed by atoms with Crippen LogP contribution in [0.4, 0.5) is 5.69 Å². The summed E-state index contributed by atoms with van der Waals surface area (Å²) in [6.07, 6.45) is 1.80. The first-order chi connectivity index (χ1) is 17.4. The Morgan fingerprint density at radius 2 is 1.81 bits per heavy atom. The summed E-state index contributed by atoms with van der Waals surface area (Å²) in [6, 6.07) is 22.9. The molecule has 3 heterocycles. The molecule has 0 amide bonds. The number of carbonyl (C=O) groups is 1. The predicted octanol–water partition coefficient (Wildman–Crippen LogP) is 6.11. The Labute approximate surface area is 220 Å². The molecule has 1 saturated heterocycles. The van der Waals surface area contributed by atoms with Crippen molar-refractivity contribution in [2.45, 2.75) is 25.9 Å². The van der Waals surface area contributed by atoms with E-state index in [0.29, 0.717) is 15.7 Å². The van der Waals surface area contributed by atoms with E-state index in [9.17, 15) is 4.79 Å². The summed E-state index contributed by atoms with van der Waals surface area (Å²) in [5.41, 5.74) is 6.43. The lowest BCUT2D eigenvalue weighted by atomic mass is 9.96. The van der Waals surface area contributed by atoms with Gasteiger partial charge in [-0.05, 0) is 92.3 Å². The molecule has 2 aromatic carbocycles. The minimum atomic E-state index is -0.367. The van der Waals surface area contributed by atoms with Crippen LogP contribution in [-0.2, 0) is 4.74 Å². The lowest BCUT2D eigenvalue weighted by molar-refractivity contribution is 0.0600. The third-order valence-corrected chi connectivity index (χ3v) is 7.08. The van der Waals surface area contributed by atoms with Crippen LogP contribution in [0.3, 0.4) is 0 Å². The SMILES string of the molecule is COC(=O)c1cccc(-n2c(C)cc([C@@H]3[C@H](c4ccccn4)NC(=S)N3c3ccc(Cl)cc3)c2C)c1. The number of benzene rings is 2. The van der Waals surface area contributed by atoms with Gasteiger partial charge >= 0.3 is 5.97 Å². The highest BCUT2D eigenvalue weighted by Crippen LogP contribution is 2.43. The van der Waals surface area contributed by atoms with Gasteiger partial charge < -0.3 is 19.5 Å². The van der Waals surface area contributed by atoms with Crippen LogP contribution in [0, 0.1) is 13.8 Å². The van der Waals surface area contributed by atoms with Crippen LogP contribution in [0.2, 0.25) is 5.02 Å². The van der Waals surface area contributed by atoms with Crippen LogP contribution < -0.4 is 10.2 Å². The molecule has 2 aromatic heterocycles. The fourth-order valence-electron chi connectivity index (χ4n) is 4.92. The van der Waals surface area contributed by atoms with Gasteiger partial charge in [-0.15, -0.1) is 0 Å². The molecule has 2 atom stereocenters. The Morgan fingerprint density at radius 3 is 2.50 bits per heavy atom. The molecule has 8 heteroatoms. The van der Waals surface area contributed by atoms with Crippen LogP contribution in [-0.4, -0.2) is 27.7 Å². The van der Waals surface area contributed by atoms with E-state index < -0.39 is 0 Å². The number of hydrogen-bond donors (Lipinski definition) is 1. The summed E-state index contributed by atoms with van der Waals surface area (Å²) in [4.78, 5) is 18.9. The number of rotatable bonds is 5. The Balaban J connectivity index is 1.66. The summed E-state index contributed by atoms with van der Waals surface area (Å²) in [5.74, 6) is -0.367. The van der Waals surface area contributed by atoms with Crippen LogP contribution in [0.25, 0.3) is 5.69 Å². The van der Waals surface area contributed by atoms with Crippen LogP contribution in [0.15, 0.2) is 79.0 Å². The number of nitrogens with zero attached hydrogens (tertiary/aromatic N) is 3. The lowest BCUT2D eigenvalue weighted by Gasteiger charge is -2.28. The molecule has 0 bridgehead atoms. The maximum Gasteiger partial charge on any atom is 0.337 e. The summed E-state index contributed by atoms with van der Waals surface area (Å²) in [5, 5.41) is 4.79. The van der Waals surface area contributed by atoms with Gasteiger partial charge in [-0.3, -0.25) is 4.98 Å². The normalized spacial score (nSPS) is 17.2. The number of methoxy groups -OCH3 is 1. The van der Waals surface area contributed by atoms with Crippen molar-refractivity contribution in [2.24, 2.45) is 0 Å². The van der Waals surface area contributed by atoms with Crippen molar-refractivity contribution in [1.82, 2.24) is 14.9 Å². The summed E-state index contributed by atoms with van der Waals surface area (Å²) in [7, 11) is 1.39. The van der Waals surface area contributed by atoms with Gasteiger partial charge in [0.2, 0.25) is 0 Å². The Morgan fingerprint density at radius 1 is 1.03 bits per heavy atom. The average Bonchev–Trinajstić information content (AvgIpc) is 3.39. The molecule has 0 radical (unpaired) electrons. The lowest BCUT2D eigenvalue weighted by Crippen LogP contribution is -2.29. The first-order valence-corrected chi connectivity index (χ1v) is 12.3. The number of nitrogens with one attached hydrogen (secondary N) is 1. The van der Waals surface area contributed by atoms with E-state index in [-0.39, 0.29) is 18.1 Å². The number of hydrogen-bond acceptors (Lipinski definition) is 4. The highest BCUT2D eigenvalue weighted by molar-refractivity contribution is 7.80. The van der Waals surface area contributed by atoms with Crippen molar-refractivity contribution in [1.29, 1.82) is 0 Å². The van der Waals surface area contributed by atoms with E-state index >= 15 is 0 Å². The molecule has 6 nitrogen and oxygen atoms in total. The molecule has 36 heavy (non-hydrogen) atoms. The van der Waals surface area contributed by atoms with E-state index in [1.807, 2.05) is 60.7 Å². The number of esters is 1. The van der Waals surface area contributed by atoms with Gasteiger partial charge in [0.05, 0.1) is 30.5 Å². The highest BCUT2D eigenvalue weighted by Gasteiger charge is 2.42. The quantitative estimate of drug-likeness (QED) is 0.255. The zero-order valence-corrected chi connectivity index (χ0v) is 21.7. The topological polar surface area (TPSA) is 59.4 Å². The van der Waals surface area contributed by atoms with Crippen molar-refractivity contribution in [2.75, 3.05) is 12.0 Å². The number of thiocarbonyl (C=S) groups is 1. The molecule has 182 valence electrons. The van der Waals surface area contributed by atoms with Gasteiger partial charge in [-0.25, -0.2) is 4.79 Å². The Bertz CT molecular complexity index is 1440. The molecule has 1 aliphatic heterocycles. The zero-order valence-electron chi connectivity index (χ0n) is 20.1. The minimum Gasteiger partial charge on any atom is -0.465 e. The highest BCUT2D eigenvalue weighted by atomic mass is 35.5. The first-order valence-electron chi connectivity index (χ1n) is 11.5. The van der Waals surface area contributed by atoms with Crippen LogP contribution in [0.5, 0.6) is 0 Å². The van der Waals surface area contributed by atoms with Gasteiger partial charge in [-0.1, -0.05) is 23.7 Å². The van der Waals surface area contributed by atoms with Crippen molar-refractivity contribution < 1.29 is 9.53 Å². The number of aromatic nitrogens is 2. The van der Waals surface area contributed by atoms with E-state index in [4.69, 9.17) is 28.6 Å². The van der Waals surface area contributed by atoms with Gasteiger partial charge in [-0.2, -0.15) is 0 Å². The first kappa shape index (κ1) is 24.0. The van der Waals surface area contributed by atoms with Gasteiger partial charge in [0.25, 0.3) is 0 Å². The van der Waals surface area contributed by atoms with Crippen molar-refractivity contribution >= 4 is 40.6 Å². The predicted molar refractivity (Wildman–Crippen MR) is 146 cm³/mol. The summed E-state index contributed by atoms with van der Waals surface area (Å²) >= 11 is 12.0. The maximum atomic E-state index is 12.2. The molecule has 0 aliphatic carbocycles. The fourth-order valence-corrected chi connectivity index (χ4v) is 5.40. The second kappa shape index (κ2) is 9.76. The number of carbonyl (C=O) groups excluding carboxylic acids is 1. The van der Waals surface area contributed by atoms with Crippen molar-refractivity contribution in [3.8, 4) is 5.69 Å². The average molecular weight is 517 g/mol. The molecular formula is C28H25ClN4O2S. The Kier molecular flexibility index (Phi) is 6.51. The van der Waals surface area contributed by atoms with E-state index in [1.54, 1.807) is 12.3 Å². The molecule has 0 spiro atoms. The van der Waals surface area contributed by atoms with E-state index in [1.165, 1.54) is 7.11 Å². The molecular weight excluding hydrogens is 492 g/mol. The molecule has 4 aromatic rings. The third-order valence-electron chi connectivity index (χ3n) is 6.52. The van der Waals surface area contributed by atoms with E-state index in [2.05, 4.69) is 39.7 Å². The van der Waals surface area contributed by atoms with E-state index in [0.717, 1.165) is 34.0 Å². The standard InChI is InChI=1S/C28H25ClN4O2S/c1-17-15-23(18(2)32(17)22-8-6-7-19(16-22)27(34)35-3)26-25(24-9-4-5-14-30-24)31-28(36)33(26)21-12-10-20(29)11-13-21/h4-16,25-26H,1-3H3,(H,31,36)/t25-,26+/m0/s1. The number of halogens is 1. The molecule has 5 rings (SSSR count). The maximum absolute atomic E-state index is 12.2. The van der Waals surface area contributed by atoms with Gasteiger partial charge in [0, 0.05) is 34.0 Å². The third kappa shape index (κ3) is 4.25. The number of ether oxygens (including phenoxy) is 1. The van der Waals surface area contributed by atoms with Crippen molar-refractivity contribution in [3.05, 3.63) is 112 Å². The second-order valence-corrected chi connectivity index (χ2v) is 9.50. The molecule has 0 saturated carbocycles. The largest absolute Gasteiger partial charge is 0.465 e. The summed E-state index contributed by atoms with van der Waals surface area (Å²) in [6.45, 7) is 4.15. The Hall–Kier alpha value is -3.68. The molecule has 1 aliphatic rings. The minimum absolute atomic E-state index is 0.155. The number of anilines is 1. The number of pyridine rings is 1. The molecule has 1 fully saturated rings. The monoisotopic (exact) mass is 516 g/mol. The van der Waals surface area contributed by atoms with Crippen LogP contribution in [0.1, 0.15) is 45.1 Å². The number of aryl methyl sites for hydroxylation is 1. The second-order valence-electron chi connectivity index (χ2n) is 8.68. The fraction of sp³-hybridized carbons (Fsp3) is 0.179. The van der Waals surface area contributed by atoms with Crippen molar-refractivity contribution in [3.63, 3.8) is 0 Å².